The van der Waals surface area contributed by atoms with E-state index in [1.54, 1.807) is 30.3 Å². The van der Waals surface area contributed by atoms with Crippen LogP contribution in [0.3, 0.4) is 0 Å². The fourth-order valence-corrected chi connectivity index (χ4v) is 3.96. The molecule has 2 N–H and O–H groups in total. The minimum absolute atomic E-state index is 0.202. The largest absolute Gasteiger partial charge is 0.490 e. The van der Waals surface area contributed by atoms with Crippen LogP contribution < -0.4 is 14.8 Å². The molecule has 0 radical (unpaired) electrons. The van der Waals surface area contributed by atoms with Crippen LogP contribution >= 0.6 is 0 Å². The molecule has 0 unspecified atom stereocenters. The minimum Gasteiger partial charge on any atom is -0.490 e. The highest BCUT2D eigenvalue weighted by molar-refractivity contribution is 7.92. The van der Waals surface area contributed by atoms with Gasteiger partial charge in [-0.3, -0.25) is 9.52 Å². The number of amides is 1. The zero-order chi connectivity index (χ0) is 21.4. The lowest BCUT2D eigenvalue weighted by Crippen LogP contribution is -2.21. The summed E-state index contributed by atoms with van der Waals surface area (Å²) in [5, 5.41) is 2.87. The molecule has 0 aliphatic heterocycles. The van der Waals surface area contributed by atoms with Gasteiger partial charge < -0.3 is 10.1 Å². The number of nitrogens with one attached hydrogen (secondary N) is 2. The lowest BCUT2D eigenvalue weighted by Gasteiger charge is -2.23. The maximum absolute atomic E-state index is 12.1. The minimum atomic E-state index is -3.30. The number of sulfonamides is 1. The average molecular weight is 429 g/mol. The third-order valence-electron chi connectivity index (χ3n) is 4.86. The molecule has 0 atom stereocenters. The molecular weight excluding hydrogens is 400 g/mol. The van der Waals surface area contributed by atoms with E-state index >= 15 is 0 Å². The van der Waals surface area contributed by atoms with E-state index in [-0.39, 0.29) is 5.91 Å². The van der Waals surface area contributed by atoms with Gasteiger partial charge in [0.1, 0.15) is 5.75 Å². The Kier molecular flexibility index (Phi) is 7.52. The third kappa shape index (κ3) is 7.55. The van der Waals surface area contributed by atoms with Crippen molar-refractivity contribution in [2.45, 2.75) is 44.8 Å². The summed E-state index contributed by atoms with van der Waals surface area (Å²) in [6.07, 6.45) is 10.5. The van der Waals surface area contributed by atoms with Gasteiger partial charge in [0.05, 0.1) is 12.4 Å². The van der Waals surface area contributed by atoms with Crippen molar-refractivity contribution >= 4 is 27.7 Å². The van der Waals surface area contributed by atoms with Gasteiger partial charge in [-0.1, -0.05) is 30.7 Å². The first-order valence-electron chi connectivity index (χ1n) is 10.2. The molecule has 1 amide bonds. The van der Waals surface area contributed by atoms with Gasteiger partial charge in [0.15, 0.2) is 0 Å². The molecule has 6 nitrogen and oxygen atoms in total. The number of anilines is 1. The van der Waals surface area contributed by atoms with E-state index in [1.165, 1.54) is 25.3 Å². The summed E-state index contributed by atoms with van der Waals surface area (Å²) >= 11 is 0. The van der Waals surface area contributed by atoms with Crippen LogP contribution in [0.1, 0.15) is 43.2 Å². The van der Waals surface area contributed by atoms with Gasteiger partial charge in [-0.25, -0.2) is 8.42 Å². The molecular formula is C23H28N2O4S. The first kappa shape index (κ1) is 21.9. The van der Waals surface area contributed by atoms with E-state index in [2.05, 4.69) is 10.0 Å². The number of benzene rings is 2. The molecule has 0 spiro atoms. The summed E-state index contributed by atoms with van der Waals surface area (Å²) in [4.78, 5) is 12.1. The van der Waals surface area contributed by atoms with Gasteiger partial charge in [-0.15, -0.1) is 0 Å². The molecule has 1 aliphatic carbocycles. The number of ether oxygens (including phenoxy) is 1. The molecule has 0 aromatic heterocycles. The quantitative estimate of drug-likeness (QED) is 0.620. The predicted molar refractivity (Wildman–Crippen MR) is 120 cm³/mol. The van der Waals surface area contributed by atoms with E-state index in [1.807, 2.05) is 24.3 Å². The predicted octanol–water partition coefficient (Wildman–Crippen LogP) is 4.10. The van der Waals surface area contributed by atoms with Gasteiger partial charge in [-0.05, 0) is 67.2 Å². The van der Waals surface area contributed by atoms with Gasteiger partial charge >= 0.3 is 0 Å². The second-order valence-electron chi connectivity index (χ2n) is 7.57. The van der Waals surface area contributed by atoms with Crippen molar-refractivity contribution < 1.29 is 17.9 Å². The summed E-state index contributed by atoms with van der Waals surface area (Å²) in [5.41, 5.74) is 2.27. The maximum Gasteiger partial charge on any atom is 0.244 e. The first-order chi connectivity index (χ1) is 14.4. The highest BCUT2D eigenvalue weighted by Gasteiger charge is 2.14. The number of carbonyl (C=O) groups excluding carboxylic acids is 1. The van der Waals surface area contributed by atoms with Gasteiger partial charge in [-0.2, -0.15) is 0 Å². The Bertz CT molecular complexity index is 979. The molecule has 0 heterocycles. The van der Waals surface area contributed by atoms with Gasteiger partial charge in [0.25, 0.3) is 0 Å². The Labute approximate surface area is 178 Å². The van der Waals surface area contributed by atoms with Crippen molar-refractivity contribution in [2.24, 2.45) is 0 Å². The zero-order valence-corrected chi connectivity index (χ0v) is 18.0. The van der Waals surface area contributed by atoms with E-state index in [4.69, 9.17) is 4.74 Å². The monoisotopic (exact) mass is 428 g/mol. The Morgan fingerprint density at radius 3 is 2.53 bits per heavy atom. The summed E-state index contributed by atoms with van der Waals surface area (Å²) in [6, 6.07) is 14.6. The summed E-state index contributed by atoms with van der Waals surface area (Å²) in [5.74, 6) is 0.652. The number of hydrogen-bond acceptors (Lipinski definition) is 4. The Morgan fingerprint density at radius 1 is 1.10 bits per heavy atom. The molecule has 3 rings (SSSR count). The Morgan fingerprint density at radius 2 is 1.83 bits per heavy atom. The lowest BCUT2D eigenvalue weighted by molar-refractivity contribution is -0.116. The zero-order valence-electron chi connectivity index (χ0n) is 17.1. The second-order valence-corrected chi connectivity index (χ2v) is 9.32. The average Bonchev–Trinajstić information content (AvgIpc) is 2.72. The molecule has 160 valence electrons. The summed E-state index contributed by atoms with van der Waals surface area (Å²) < 4.78 is 30.9. The standard InChI is InChI=1S/C23H28N2O4S/c1-30(27,28)25-20-13-10-18(11-14-20)12-15-23(26)24-17-19-6-5-9-22(16-19)29-21-7-3-2-4-8-21/h5-6,9-16,21,25H,2-4,7-8,17H2,1H3,(H,24,26)/b15-12+. The van der Waals surface area contributed by atoms with E-state index in [9.17, 15) is 13.2 Å². The fourth-order valence-electron chi connectivity index (χ4n) is 3.40. The second kappa shape index (κ2) is 10.3. The molecule has 0 bridgehead atoms. The Balaban J connectivity index is 1.48. The topological polar surface area (TPSA) is 84.5 Å². The van der Waals surface area contributed by atoms with Crippen LogP contribution in [0, 0.1) is 0 Å². The molecule has 1 fully saturated rings. The number of carbonyl (C=O) groups is 1. The smallest absolute Gasteiger partial charge is 0.244 e. The molecule has 0 saturated heterocycles. The van der Waals surface area contributed by atoms with E-state index in [0.29, 0.717) is 18.3 Å². The van der Waals surface area contributed by atoms with Crippen LogP contribution in [-0.2, 0) is 21.4 Å². The normalized spacial score (nSPS) is 15.1. The van der Waals surface area contributed by atoms with Crippen molar-refractivity contribution in [3.63, 3.8) is 0 Å². The van der Waals surface area contributed by atoms with Gasteiger partial charge in [0.2, 0.25) is 15.9 Å². The van der Waals surface area contributed by atoms with Crippen LogP contribution in [0.15, 0.2) is 54.6 Å². The third-order valence-corrected chi connectivity index (χ3v) is 5.47. The van der Waals surface area contributed by atoms with Crippen molar-refractivity contribution in [2.75, 3.05) is 11.0 Å². The van der Waals surface area contributed by atoms with Crippen molar-refractivity contribution in [3.05, 3.63) is 65.7 Å². The molecule has 2 aromatic rings. The van der Waals surface area contributed by atoms with E-state index in [0.717, 1.165) is 36.0 Å². The van der Waals surface area contributed by atoms with Crippen LogP contribution in [0.5, 0.6) is 5.75 Å². The van der Waals surface area contributed by atoms with Crippen molar-refractivity contribution in [1.29, 1.82) is 0 Å². The van der Waals surface area contributed by atoms with Crippen molar-refractivity contribution in [1.82, 2.24) is 5.32 Å². The van der Waals surface area contributed by atoms with Gasteiger partial charge in [0, 0.05) is 18.3 Å². The fraction of sp³-hybridized carbons (Fsp3) is 0.348. The van der Waals surface area contributed by atoms with Crippen molar-refractivity contribution in [3.8, 4) is 5.75 Å². The first-order valence-corrected chi connectivity index (χ1v) is 12.1. The van der Waals surface area contributed by atoms with Crippen LogP contribution in [0.2, 0.25) is 0 Å². The van der Waals surface area contributed by atoms with Crippen LogP contribution in [0.25, 0.3) is 6.08 Å². The SMILES string of the molecule is CS(=O)(=O)Nc1ccc(/C=C/C(=O)NCc2cccc(OC3CCCCC3)c2)cc1. The highest BCUT2D eigenvalue weighted by Crippen LogP contribution is 2.24. The van der Waals surface area contributed by atoms with E-state index < -0.39 is 10.0 Å². The van der Waals surface area contributed by atoms with Crippen LogP contribution in [-0.4, -0.2) is 26.7 Å². The van der Waals surface area contributed by atoms with Crippen LogP contribution in [0.4, 0.5) is 5.69 Å². The Hall–Kier alpha value is -2.80. The number of hydrogen-bond donors (Lipinski definition) is 2. The molecule has 2 aromatic carbocycles. The summed E-state index contributed by atoms with van der Waals surface area (Å²) in [6.45, 7) is 0.419. The summed E-state index contributed by atoms with van der Waals surface area (Å²) in [7, 11) is -3.30. The lowest BCUT2D eigenvalue weighted by atomic mass is 9.98. The molecule has 1 aliphatic rings. The molecule has 7 heteroatoms. The maximum atomic E-state index is 12.1. The highest BCUT2D eigenvalue weighted by atomic mass is 32.2. The molecule has 1 saturated carbocycles. The molecule has 30 heavy (non-hydrogen) atoms. The number of rotatable bonds is 8.